The van der Waals surface area contributed by atoms with Crippen LogP contribution in [0.4, 0.5) is 0 Å². The van der Waals surface area contributed by atoms with Gasteiger partial charge in [0, 0.05) is 16.0 Å². The highest BCUT2D eigenvalue weighted by Crippen LogP contribution is 2.27. The Bertz CT molecular complexity index is 892. The maximum absolute atomic E-state index is 11.8. The second-order valence-electron chi connectivity index (χ2n) is 4.53. The largest absolute Gasteiger partial charge is 0.436 e. The first-order chi connectivity index (χ1) is 10.2. The first-order valence-corrected chi connectivity index (χ1v) is 6.25. The Hall–Kier alpha value is -3.11. The van der Waals surface area contributed by atoms with Gasteiger partial charge in [0.05, 0.1) is 0 Å². The fourth-order valence-corrected chi connectivity index (χ4v) is 2.10. The summed E-state index contributed by atoms with van der Waals surface area (Å²) in [6, 6.07) is 12.4. The van der Waals surface area contributed by atoms with Gasteiger partial charge in [-0.3, -0.25) is 4.79 Å². The number of rotatable bonds is 2. The molecule has 6 nitrogen and oxygen atoms in total. The summed E-state index contributed by atoms with van der Waals surface area (Å²) < 4.78 is 5.68. The second-order valence-corrected chi connectivity index (χ2v) is 4.53. The van der Waals surface area contributed by atoms with Crippen molar-refractivity contribution in [3.63, 3.8) is 0 Å². The van der Waals surface area contributed by atoms with Crippen molar-refractivity contribution < 1.29 is 9.21 Å². The standard InChI is InChI=1S/C15H10N4O2/c1-9-6-7-13-12(8-9)17-15(21-13)11-5-3-2-4-10(11)14(20)18-19-16/h2-8H,1H3. The molecule has 21 heavy (non-hydrogen) atoms. The molecule has 0 saturated heterocycles. The van der Waals surface area contributed by atoms with Crippen molar-refractivity contribution in [3.05, 3.63) is 64.0 Å². The van der Waals surface area contributed by atoms with E-state index < -0.39 is 5.91 Å². The molecule has 0 aliphatic rings. The Morgan fingerprint density at radius 2 is 2.10 bits per heavy atom. The van der Waals surface area contributed by atoms with Crippen LogP contribution in [0.25, 0.3) is 33.0 Å². The number of hydrogen-bond donors (Lipinski definition) is 0. The maximum Gasteiger partial charge on any atom is 0.249 e. The Balaban J connectivity index is 2.18. The van der Waals surface area contributed by atoms with Gasteiger partial charge in [0.25, 0.3) is 0 Å². The minimum Gasteiger partial charge on any atom is -0.436 e. The number of nitrogens with zero attached hydrogens (tertiary/aromatic N) is 4. The summed E-state index contributed by atoms with van der Waals surface area (Å²) in [7, 11) is 0. The van der Waals surface area contributed by atoms with Crippen molar-refractivity contribution in [3.8, 4) is 11.5 Å². The van der Waals surface area contributed by atoms with Crippen LogP contribution < -0.4 is 0 Å². The Kier molecular flexibility index (Phi) is 3.14. The van der Waals surface area contributed by atoms with Gasteiger partial charge in [0.15, 0.2) is 5.58 Å². The van der Waals surface area contributed by atoms with Gasteiger partial charge in [0.1, 0.15) is 5.52 Å². The number of amides is 1. The number of fused-ring (bicyclic) bond motifs is 1. The zero-order valence-electron chi connectivity index (χ0n) is 11.1. The molecule has 0 spiro atoms. The van der Waals surface area contributed by atoms with Crippen LogP contribution in [0.5, 0.6) is 0 Å². The summed E-state index contributed by atoms with van der Waals surface area (Å²) in [6.07, 6.45) is 0. The van der Waals surface area contributed by atoms with Gasteiger partial charge in [-0.05, 0) is 41.3 Å². The van der Waals surface area contributed by atoms with Crippen LogP contribution in [0.15, 0.2) is 52.0 Å². The molecule has 1 aromatic heterocycles. The third kappa shape index (κ3) is 2.35. The lowest BCUT2D eigenvalue weighted by Crippen LogP contribution is -1.96. The van der Waals surface area contributed by atoms with Gasteiger partial charge < -0.3 is 4.42 Å². The lowest BCUT2D eigenvalue weighted by molar-refractivity contribution is 0.100. The molecule has 0 fully saturated rings. The van der Waals surface area contributed by atoms with Crippen LogP contribution in [0.3, 0.4) is 0 Å². The van der Waals surface area contributed by atoms with Crippen molar-refractivity contribution >= 4 is 17.0 Å². The van der Waals surface area contributed by atoms with Crippen molar-refractivity contribution in [2.75, 3.05) is 0 Å². The summed E-state index contributed by atoms with van der Waals surface area (Å²) in [5, 5.41) is 3.12. The molecular weight excluding hydrogens is 268 g/mol. The molecule has 0 atom stereocenters. The minimum absolute atomic E-state index is 0.263. The third-order valence-electron chi connectivity index (χ3n) is 3.07. The molecule has 6 heteroatoms. The minimum atomic E-state index is -0.661. The summed E-state index contributed by atoms with van der Waals surface area (Å²) in [6.45, 7) is 1.97. The topological polar surface area (TPSA) is 91.9 Å². The lowest BCUT2D eigenvalue weighted by Gasteiger charge is -2.01. The Morgan fingerprint density at radius 3 is 2.90 bits per heavy atom. The van der Waals surface area contributed by atoms with E-state index in [0.29, 0.717) is 17.0 Å². The predicted molar refractivity (Wildman–Crippen MR) is 77.7 cm³/mol. The highest BCUT2D eigenvalue weighted by atomic mass is 16.3. The lowest BCUT2D eigenvalue weighted by atomic mass is 10.1. The van der Waals surface area contributed by atoms with Crippen LogP contribution in [0.2, 0.25) is 0 Å². The van der Waals surface area contributed by atoms with Gasteiger partial charge in [-0.15, -0.1) is 0 Å². The highest BCUT2D eigenvalue weighted by Gasteiger charge is 2.15. The summed E-state index contributed by atoms with van der Waals surface area (Å²) in [5.74, 6) is -0.334. The van der Waals surface area contributed by atoms with Gasteiger partial charge >= 0.3 is 0 Å². The zero-order chi connectivity index (χ0) is 14.8. The molecule has 0 bridgehead atoms. The van der Waals surface area contributed by atoms with Gasteiger partial charge in [-0.25, -0.2) is 4.98 Å². The molecule has 3 rings (SSSR count). The number of oxazole rings is 1. The SMILES string of the molecule is Cc1ccc2oc(-c3ccccc3C(=O)N=[N+]=[N-])nc2c1. The molecule has 0 N–H and O–H groups in total. The number of aryl methyl sites for hydroxylation is 1. The van der Waals surface area contributed by atoms with Crippen LogP contribution in [-0.2, 0) is 0 Å². The summed E-state index contributed by atoms with van der Waals surface area (Å²) in [5.41, 5.74) is 11.6. The van der Waals surface area contributed by atoms with E-state index >= 15 is 0 Å². The monoisotopic (exact) mass is 278 g/mol. The Morgan fingerprint density at radius 1 is 1.29 bits per heavy atom. The second kappa shape index (κ2) is 5.11. The van der Waals surface area contributed by atoms with Gasteiger partial charge in [0.2, 0.25) is 11.8 Å². The van der Waals surface area contributed by atoms with Gasteiger partial charge in [-0.1, -0.05) is 24.3 Å². The molecule has 3 aromatic rings. The van der Waals surface area contributed by atoms with Crippen molar-refractivity contribution in [1.82, 2.24) is 4.98 Å². The number of aromatic nitrogens is 1. The van der Waals surface area contributed by atoms with Crippen molar-refractivity contribution in [2.24, 2.45) is 5.11 Å². The number of hydrogen-bond acceptors (Lipinski definition) is 3. The first kappa shape index (κ1) is 12.9. The van der Waals surface area contributed by atoms with E-state index in [2.05, 4.69) is 15.0 Å². The molecule has 0 unspecified atom stereocenters. The van der Waals surface area contributed by atoms with E-state index in [0.717, 1.165) is 11.1 Å². The average Bonchev–Trinajstić information content (AvgIpc) is 2.90. The average molecular weight is 278 g/mol. The van der Waals surface area contributed by atoms with E-state index in [1.54, 1.807) is 24.3 Å². The molecule has 1 heterocycles. The summed E-state index contributed by atoms with van der Waals surface area (Å²) >= 11 is 0. The number of carbonyl (C=O) groups excluding carboxylic acids is 1. The van der Waals surface area contributed by atoms with Crippen molar-refractivity contribution in [1.29, 1.82) is 0 Å². The van der Waals surface area contributed by atoms with Crippen LogP contribution >= 0.6 is 0 Å². The normalized spacial score (nSPS) is 10.3. The van der Waals surface area contributed by atoms with Crippen LogP contribution in [0, 0.1) is 6.92 Å². The first-order valence-electron chi connectivity index (χ1n) is 6.25. The highest BCUT2D eigenvalue weighted by molar-refractivity contribution is 6.00. The molecule has 102 valence electrons. The molecule has 2 aromatic carbocycles. The van der Waals surface area contributed by atoms with E-state index in [4.69, 9.17) is 9.95 Å². The molecule has 0 radical (unpaired) electrons. The molecule has 0 aliphatic carbocycles. The van der Waals surface area contributed by atoms with E-state index in [1.807, 2.05) is 25.1 Å². The Labute approximate surface area is 119 Å². The fourth-order valence-electron chi connectivity index (χ4n) is 2.10. The molecular formula is C15H10N4O2. The summed E-state index contributed by atoms with van der Waals surface area (Å²) in [4.78, 5) is 18.7. The number of azide groups is 1. The van der Waals surface area contributed by atoms with E-state index in [1.165, 1.54) is 0 Å². The van der Waals surface area contributed by atoms with Crippen molar-refractivity contribution in [2.45, 2.75) is 6.92 Å². The third-order valence-corrected chi connectivity index (χ3v) is 3.07. The maximum atomic E-state index is 11.8. The van der Waals surface area contributed by atoms with Gasteiger partial charge in [-0.2, -0.15) is 0 Å². The van der Waals surface area contributed by atoms with E-state index in [9.17, 15) is 4.79 Å². The molecule has 0 saturated carbocycles. The fraction of sp³-hybridized carbons (Fsp3) is 0.0667. The quantitative estimate of drug-likeness (QED) is 0.398. The van der Waals surface area contributed by atoms with Crippen LogP contribution in [-0.4, -0.2) is 10.9 Å². The van der Waals surface area contributed by atoms with E-state index in [-0.39, 0.29) is 5.56 Å². The smallest absolute Gasteiger partial charge is 0.249 e. The molecule has 1 amide bonds. The number of benzene rings is 2. The van der Waals surface area contributed by atoms with Crippen LogP contribution in [0.1, 0.15) is 15.9 Å². The molecule has 0 aliphatic heterocycles. The zero-order valence-corrected chi connectivity index (χ0v) is 11.1. The predicted octanol–water partition coefficient (Wildman–Crippen LogP) is 4.25. The number of carbonyl (C=O) groups is 1.